The van der Waals surface area contributed by atoms with Gasteiger partial charge < -0.3 is 19.5 Å². The Balaban J connectivity index is 2.27. The minimum Gasteiger partial charge on any atom is -0.493 e. The number of nitrogens with one attached hydrogen (secondary N) is 1. The van der Waals surface area contributed by atoms with Crippen molar-refractivity contribution in [3.63, 3.8) is 0 Å². The van der Waals surface area contributed by atoms with Gasteiger partial charge in [0.2, 0.25) is 5.82 Å². The maximum Gasteiger partial charge on any atom is 0.373 e. The van der Waals surface area contributed by atoms with Gasteiger partial charge in [0.1, 0.15) is 6.33 Å². The van der Waals surface area contributed by atoms with Crippen molar-refractivity contribution in [1.82, 2.24) is 9.97 Å². The number of aromatic nitrogens is 2. The van der Waals surface area contributed by atoms with Gasteiger partial charge in [0, 0.05) is 20.3 Å². The molecule has 2 aromatic rings. The summed E-state index contributed by atoms with van der Waals surface area (Å²) in [5.41, 5.74) is -0.333. The van der Waals surface area contributed by atoms with E-state index in [1.165, 1.54) is 13.4 Å². The summed E-state index contributed by atoms with van der Waals surface area (Å²) in [7, 11) is 3.08. The highest BCUT2D eigenvalue weighted by atomic mass is 16.6. The number of rotatable bonds is 9. The smallest absolute Gasteiger partial charge is 0.373 e. The van der Waals surface area contributed by atoms with Crippen LogP contribution in [-0.4, -0.2) is 42.3 Å². The predicted molar refractivity (Wildman–Crippen MR) is 86.7 cm³/mol. The number of benzene rings is 1. The molecule has 0 aliphatic carbocycles. The maximum absolute atomic E-state index is 11.4. The van der Waals surface area contributed by atoms with Crippen LogP contribution in [0.15, 0.2) is 30.6 Å². The first kappa shape index (κ1) is 17.4. The zero-order valence-corrected chi connectivity index (χ0v) is 13.4. The highest BCUT2D eigenvalue weighted by molar-refractivity contribution is 5.62. The third-order valence-corrected chi connectivity index (χ3v) is 3.06. The van der Waals surface area contributed by atoms with Gasteiger partial charge in [-0.3, -0.25) is 10.1 Å². The van der Waals surface area contributed by atoms with Crippen molar-refractivity contribution in [2.24, 2.45) is 0 Å². The molecule has 1 heterocycles. The molecule has 0 fully saturated rings. The first-order valence-corrected chi connectivity index (χ1v) is 7.20. The summed E-state index contributed by atoms with van der Waals surface area (Å²) in [5, 5.41) is 14.3. The lowest BCUT2D eigenvalue weighted by atomic mass is 10.3. The van der Waals surface area contributed by atoms with Crippen molar-refractivity contribution in [2.75, 3.05) is 32.7 Å². The van der Waals surface area contributed by atoms with Crippen LogP contribution in [0.2, 0.25) is 0 Å². The third kappa shape index (κ3) is 4.29. The molecule has 0 atom stereocenters. The molecule has 128 valence electrons. The van der Waals surface area contributed by atoms with Crippen LogP contribution in [-0.2, 0) is 4.74 Å². The van der Waals surface area contributed by atoms with E-state index in [1.807, 2.05) is 0 Å². The number of ether oxygens (including phenoxy) is 3. The third-order valence-electron chi connectivity index (χ3n) is 3.06. The standard InChI is InChI=1S/C15H18N4O5/c1-22-9-5-8-16-14-13(19(20)21)15(18-10-17-14)24-12-7-4-3-6-11(12)23-2/h3-4,6-7,10H,5,8-9H2,1-2H3,(H,16,17,18). The number of anilines is 1. The van der Waals surface area contributed by atoms with E-state index >= 15 is 0 Å². The van der Waals surface area contributed by atoms with Crippen molar-refractivity contribution in [3.05, 3.63) is 40.7 Å². The van der Waals surface area contributed by atoms with Gasteiger partial charge in [-0.25, -0.2) is 4.98 Å². The minimum atomic E-state index is -0.580. The first-order chi connectivity index (χ1) is 11.7. The second-order valence-corrected chi connectivity index (χ2v) is 4.66. The predicted octanol–water partition coefficient (Wildman–Crippen LogP) is 2.63. The zero-order chi connectivity index (χ0) is 17.4. The molecule has 0 saturated carbocycles. The van der Waals surface area contributed by atoms with E-state index in [0.29, 0.717) is 31.1 Å². The molecule has 2 rings (SSSR count). The number of nitrogens with zero attached hydrogens (tertiary/aromatic N) is 3. The Hall–Kier alpha value is -2.94. The summed E-state index contributed by atoms with van der Waals surface area (Å²) in [6, 6.07) is 6.82. The monoisotopic (exact) mass is 334 g/mol. The molecule has 0 bridgehead atoms. The molecule has 0 unspecified atom stereocenters. The van der Waals surface area contributed by atoms with Crippen molar-refractivity contribution in [2.45, 2.75) is 6.42 Å². The molecule has 24 heavy (non-hydrogen) atoms. The highest BCUT2D eigenvalue weighted by Gasteiger charge is 2.25. The average molecular weight is 334 g/mol. The molecule has 0 radical (unpaired) electrons. The molecule has 0 spiro atoms. The largest absolute Gasteiger partial charge is 0.493 e. The highest BCUT2D eigenvalue weighted by Crippen LogP contribution is 2.37. The molecule has 9 heteroatoms. The molecule has 0 aliphatic heterocycles. The van der Waals surface area contributed by atoms with Crippen molar-refractivity contribution >= 4 is 11.5 Å². The van der Waals surface area contributed by atoms with Gasteiger partial charge in [0.15, 0.2) is 11.5 Å². The summed E-state index contributed by atoms with van der Waals surface area (Å²) >= 11 is 0. The molecule has 0 saturated heterocycles. The molecule has 9 nitrogen and oxygen atoms in total. The van der Waals surface area contributed by atoms with Gasteiger partial charge in [-0.2, -0.15) is 4.98 Å². The molecule has 0 aliphatic rings. The van der Waals surface area contributed by atoms with E-state index < -0.39 is 4.92 Å². The molecular weight excluding hydrogens is 316 g/mol. The van der Waals surface area contributed by atoms with E-state index in [-0.39, 0.29) is 17.4 Å². The quantitative estimate of drug-likeness (QED) is 0.423. The lowest BCUT2D eigenvalue weighted by Gasteiger charge is -2.11. The fourth-order valence-corrected chi connectivity index (χ4v) is 1.96. The fraction of sp³-hybridized carbons (Fsp3) is 0.333. The lowest BCUT2D eigenvalue weighted by Crippen LogP contribution is -2.09. The van der Waals surface area contributed by atoms with Gasteiger partial charge in [-0.15, -0.1) is 0 Å². The molecule has 1 aromatic carbocycles. The lowest BCUT2D eigenvalue weighted by molar-refractivity contribution is -0.385. The maximum atomic E-state index is 11.4. The Labute approximate surface area is 138 Å². The van der Waals surface area contributed by atoms with Crippen molar-refractivity contribution < 1.29 is 19.1 Å². The van der Waals surface area contributed by atoms with Gasteiger partial charge in [0.25, 0.3) is 0 Å². The average Bonchev–Trinajstić information content (AvgIpc) is 2.59. The Morgan fingerprint density at radius 2 is 1.96 bits per heavy atom. The Morgan fingerprint density at radius 3 is 2.62 bits per heavy atom. The van der Waals surface area contributed by atoms with Crippen LogP contribution < -0.4 is 14.8 Å². The molecule has 0 amide bonds. The van der Waals surface area contributed by atoms with E-state index in [9.17, 15) is 10.1 Å². The number of hydrogen-bond donors (Lipinski definition) is 1. The second kappa shape index (κ2) is 8.63. The number of para-hydroxylation sites is 2. The van der Waals surface area contributed by atoms with Crippen molar-refractivity contribution in [1.29, 1.82) is 0 Å². The van der Waals surface area contributed by atoms with Crippen LogP contribution in [0.5, 0.6) is 17.4 Å². The fourth-order valence-electron chi connectivity index (χ4n) is 1.96. The first-order valence-electron chi connectivity index (χ1n) is 7.20. The van der Waals surface area contributed by atoms with E-state index in [0.717, 1.165) is 0 Å². The molecular formula is C15H18N4O5. The minimum absolute atomic E-state index is 0.0935. The van der Waals surface area contributed by atoms with Gasteiger partial charge >= 0.3 is 11.6 Å². The Kier molecular flexibility index (Phi) is 6.26. The number of methoxy groups -OCH3 is 2. The summed E-state index contributed by atoms with van der Waals surface area (Å²) < 4.78 is 15.7. The molecule has 1 N–H and O–H groups in total. The summed E-state index contributed by atoms with van der Waals surface area (Å²) in [4.78, 5) is 18.7. The molecule has 1 aromatic heterocycles. The van der Waals surface area contributed by atoms with Crippen LogP contribution in [0.4, 0.5) is 11.5 Å². The summed E-state index contributed by atoms with van der Waals surface area (Å²) in [5.74, 6) is 0.705. The number of nitro groups is 1. The van der Waals surface area contributed by atoms with Crippen molar-refractivity contribution in [3.8, 4) is 17.4 Å². The number of hydrogen-bond acceptors (Lipinski definition) is 8. The summed E-state index contributed by atoms with van der Waals surface area (Å²) in [6.07, 6.45) is 1.89. The van der Waals surface area contributed by atoms with Crippen LogP contribution in [0.25, 0.3) is 0 Å². The van der Waals surface area contributed by atoms with Gasteiger partial charge in [-0.05, 0) is 18.6 Å². The zero-order valence-electron chi connectivity index (χ0n) is 13.4. The summed E-state index contributed by atoms with van der Waals surface area (Å²) in [6.45, 7) is 1.01. The van der Waals surface area contributed by atoms with E-state index in [4.69, 9.17) is 14.2 Å². The normalized spacial score (nSPS) is 10.2. The van der Waals surface area contributed by atoms with E-state index in [2.05, 4.69) is 15.3 Å². The van der Waals surface area contributed by atoms with Crippen LogP contribution in [0.3, 0.4) is 0 Å². The van der Waals surface area contributed by atoms with Gasteiger partial charge in [0.05, 0.1) is 12.0 Å². The SMILES string of the molecule is COCCCNc1ncnc(Oc2ccccc2OC)c1[N+](=O)[O-]. The van der Waals surface area contributed by atoms with E-state index in [1.54, 1.807) is 31.4 Å². The Bertz CT molecular complexity index is 695. The van der Waals surface area contributed by atoms with Gasteiger partial charge in [-0.1, -0.05) is 12.1 Å². The topological polar surface area (TPSA) is 109 Å². The van der Waals surface area contributed by atoms with Crippen LogP contribution >= 0.6 is 0 Å². The van der Waals surface area contributed by atoms with Crippen LogP contribution in [0.1, 0.15) is 6.42 Å². The van der Waals surface area contributed by atoms with Crippen LogP contribution in [0, 0.1) is 10.1 Å². The Morgan fingerprint density at radius 1 is 1.21 bits per heavy atom. The second-order valence-electron chi connectivity index (χ2n) is 4.66.